The Morgan fingerprint density at radius 1 is 1.17 bits per heavy atom. The van der Waals surface area contributed by atoms with E-state index in [0.717, 1.165) is 5.69 Å². The van der Waals surface area contributed by atoms with E-state index < -0.39 is 0 Å². The summed E-state index contributed by atoms with van der Waals surface area (Å²) in [6, 6.07) is 8.73. The molecule has 1 heterocycles. The molecule has 0 aliphatic heterocycles. The SMILES string of the molecule is CNCc1ccc(Oc2cccc(Cl)c2Cl)nn1. The van der Waals surface area contributed by atoms with E-state index in [9.17, 15) is 0 Å². The topological polar surface area (TPSA) is 47.0 Å². The van der Waals surface area contributed by atoms with E-state index in [1.54, 1.807) is 24.3 Å². The molecule has 0 atom stereocenters. The summed E-state index contributed by atoms with van der Waals surface area (Å²) >= 11 is 11.9. The second-order valence-corrected chi connectivity index (χ2v) is 4.33. The number of hydrogen-bond acceptors (Lipinski definition) is 4. The van der Waals surface area contributed by atoms with E-state index in [2.05, 4.69) is 15.5 Å². The van der Waals surface area contributed by atoms with Crippen molar-refractivity contribution in [3.63, 3.8) is 0 Å². The third-order valence-electron chi connectivity index (χ3n) is 2.18. The molecule has 1 aromatic heterocycles. The molecule has 0 aliphatic rings. The van der Waals surface area contributed by atoms with Gasteiger partial charge in [0.1, 0.15) is 10.8 Å². The van der Waals surface area contributed by atoms with Gasteiger partial charge in [-0.05, 0) is 25.2 Å². The van der Waals surface area contributed by atoms with Gasteiger partial charge in [-0.15, -0.1) is 5.10 Å². The summed E-state index contributed by atoms with van der Waals surface area (Å²) in [5, 5.41) is 11.7. The van der Waals surface area contributed by atoms with Crippen LogP contribution in [0.4, 0.5) is 0 Å². The van der Waals surface area contributed by atoms with Gasteiger partial charge in [0.05, 0.1) is 10.7 Å². The molecule has 0 radical (unpaired) electrons. The summed E-state index contributed by atoms with van der Waals surface area (Å²) in [5.41, 5.74) is 0.835. The van der Waals surface area contributed by atoms with Crippen LogP contribution in [0.15, 0.2) is 30.3 Å². The van der Waals surface area contributed by atoms with E-state index >= 15 is 0 Å². The van der Waals surface area contributed by atoms with E-state index in [0.29, 0.717) is 28.2 Å². The molecule has 0 saturated carbocycles. The first-order valence-corrected chi connectivity index (χ1v) is 6.05. The highest BCUT2D eigenvalue weighted by molar-refractivity contribution is 6.42. The van der Waals surface area contributed by atoms with Crippen molar-refractivity contribution in [2.24, 2.45) is 0 Å². The minimum Gasteiger partial charge on any atom is -0.436 e. The van der Waals surface area contributed by atoms with Crippen LogP contribution in [0, 0.1) is 0 Å². The van der Waals surface area contributed by atoms with Crippen LogP contribution in [0.3, 0.4) is 0 Å². The number of aromatic nitrogens is 2. The molecule has 6 heteroatoms. The maximum Gasteiger partial charge on any atom is 0.238 e. The van der Waals surface area contributed by atoms with Gasteiger partial charge in [-0.25, -0.2) is 0 Å². The Morgan fingerprint density at radius 2 is 2.00 bits per heavy atom. The zero-order chi connectivity index (χ0) is 13.0. The molecule has 1 aromatic carbocycles. The lowest BCUT2D eigenvalue weighted by Crippen LogP contribution is -2.07. The molecule has 0 unspecified atom stereocenters. The molecular formula is C12H11Cl2N3O. The molecule has 1 N–H and O–H groups in total. The standard InChI is InChI=1S/C12H11Cl2N3O/c1-15-7-8-5-6-11(17-16-8)18-10-4-2-3-9(13)12(10)14/h2-6,15H,7H2,1H3. The highest BCUT2D eigenvalue weighted by Gasteiger charge is 2.07. The van der Waals surface area contributed by atoms with Gasteiger partial charge in [0, 0.05) is 12.6 Å². The van der Waals surface area contributed by atoms with Crippen LogP contribution < -0.4 is 10.1 Å². The summed E-state index contributed by atoms with van der Waals surface area (Å²) in [6.45, 7) is 0.658. The Bertz CT molecular complexity index is 531. The van der Waals surface area contributed by atoms with Gasteiger partial charge in [-0.2, -0.15) is 5.10 Å². The number of benzene rings is 1. The molecule has 0 aliphatic carbocycles. The fourth-order valence-corrected chi connectivity index (χ4v) is 1.68. The van der Waals surface area contributed by atoms with Crippen molar-refractivity contribution < 1.29 is 4.74 Å². The average Bonchev–Trinajstić information content (AvgIpc) is 2.38. The lowest BCUT2D eigenvalue weighted by Gasteiger charge is -2.07. The average molecular weight is 284 g/mol. The van der Waals surface area contributed by atoms with Gasteiger partial charge >= 0.3 is 0 Å². The number of ether oxygens (including phenoxy) is 1. The summed E-state index contributed by atoms with van der Waals surface area (Å²) in [5.74, 6) is 0.832. The summed E-state index contributed by atoms with van der Waals surface area (Å²) in [7, 11) is 1.85. The Hall–Kier alpha value is -1.36. The molecule has 0 spiro atoms. The maximum absolute atomic E-state index is 6.01. The Morgan fingerprint density at radius 3 is 2.67 bits per heavy atom. The second kappa shape index (κ2) is 6.00. The smallest absolute Gasteiger partial charge is 0.238 e. The molecule has 18 heavy (non-hydrogen) atoms. The van der Waals surface area contributed by atoms with E-state index in [1.807, 2.05) is 13.1 Å². The number of nitrogens with zero attached hydrogens (tertiary/aromatic N) is 2. The molecule has 2 rings (SSSR count). The quantitative estimate of drug-likeness (QED) is 0.935. The van der Waals surface area contributed by atoms with Gasteiger partial charge in [0.25, 0.3) is 0 Å². The van der Waals surface area contributed by atoms with Gasteiger partial charge < -0.3 is 10.1 Å². The minimum absolute atomic E-state index is 0.361. The van der Waals surface area contributed by atoms with Crippen LogP contribution in [-0.4, -0.2) is 17.2 Å². The van der Waals surface area contributed by atoms with Crippen LogP contribution in [-0.2, 0) is 6.54 Å². The van der Waals surface area contributed by atoms with E-state index in [-0.39, 0.29) is 0 Å². The molecule has 4 nitrogen and oxygen atoms in total. The normalized spacial score (nSPS) is 10.4. The van der Waals surface area contributed by atoms with Gasteiger partial charge in [0.2, 0.25) is 5.88 Å². The first kappa shape index (κ1) is 13.1. The largest absolute Gasteiger partial charge is 0.436 e. The first-order valence-electron chi connectivity index (χ1n) is 5.30. The Labute approximate surface area is 115 Å². The van der Waals surface area contributed by atoms with E-state index in [1.165, 1.54) is 0 Å². The molecule has 0 saturated heterocycles. The van der Waals surface area contributed by atoms with Crippen LogP contribution in [0.25, 0.3) is 0 Å². The number of rotatable bonds is 4. The van der Waals surface area contributed by atoms with Crippen molar-refractivity contribution in [1.29, 1.82) is 0 Å². The fourth-order valence-electron chi connectivity index (χ4n) is 1.35. The lowest BCUT2D eigenvalue weighted by molar-refractivity contribution is 0.453. The molecular weight excluding hydrogens is 273 g/mol. The second-order valence-electron chi connectivity index (χ2n) is 3.55. The summed E-state index contributed by atoms with van der Waals surface area (Å²) in [6.07, 6.45) is 0. The van der Waals surface area contributed by atoms with Crippen LogP contribution in [0.2, 0.25) is 10.0 Å². The molecule has 94 valence electrons. The predicted octanol–water partition coefficient (Wildman–Crippen LogP) is 3.30. The fraction of sp³-hybridized carbons (Fsp3) is 0.167. The van der Waals surface area contributed by atoms with Crippen LogP contribution in [0.5, 0.6) is 11.6 Å². The highest BCUT2D eigenvalue weighted by Crippen LogP contribution is 2.33. The van der Waals surface area contributed by atoms with Crippen molar-refractivity contribution in [1.82, 2.24) is 15.5 Å². The predicted molar refractivity (Wildman–Crippen MR) is 71.3 cm³/mol. The van der Waals surface area contributed by atoms with Crippen molar-refractivity contribution in [3.05, 3.63) is 46.1 Å². The number of nitrogens with one attached hydrogen (secondary N) is 1. The van der Waals surface area contributed by atoms with Gasteiger partial charge in [-0.1, -0.05) is 29.3 Å². The third kappa shape index (κ3) is 3.10. The minimum atomic E-state index is 0.361. The van der Waals surface area contributed by atoms with Gasteiger partial charge in [0.15, 0.2) is 0 Å². The van der Waals surface area contributed by atoms with Crippen molar-refractivity contribution in [2.45, 2.75) is 6.54 Å². The van der Waals surface area contributed by atoms with Crippen molar-refractivity contribution in [3.8, 4) is 11.6 Å². The molecule has 0 amide bonds. The Kier molecular flexibility index (Phi) is 4.36. The maximum atomic E-state index is 6.01. The number of halogens is 2. The summed E-state index contributed by atoms with van der Waals surface area (Å²) in [4.78, 5) is 0. The van der Waals surface area contributed by atoms with Crippen LogP contribution in [0.1, 0.15) is 5.69 Å². The van der Waals surface area contributed by atoms with Crippen molar-refractivity contribution in [2.75, 3.05) is 7.05 Å². The van der Waals surface area contributed by atoms with Crippen LogP contribution >= 0.6 is 23.2 Å². The third-order valence-corrected chi connectivity index (χ3v) is 2.99. The first-order chi connectivity index (χ1) is 8.70. The lowest BCUT2D eigenvalue weighted by atomic mass is 10.3. The van der Waals surface area contributed by atoms with E-state index in [4.69, 9.17) is 27.9 Å². The monoisotopic (exact) mass is 283 g/mol. The highest BCUT2D eigenvalue weighted by atomic mass is 35.5. The molecule has 0 fully saturated rings. The zero-order valence-electron chi connectivity index (χ0n) is 9.65. The summed E-state index contributed by atoms with van der Waals surface area (Å²) < 4.78 is 5.51. The molecule has 0 bridgehead atoms. The van der Waals surface area contributed by atoms with Gasteiger partial charge in [-0.3, -0.25) is 0 Å². The number of hydrogen-bond donors (Lipinski definition) is 1. The Balaban J connectivity index is 2.16. The zero-order valence-corrected chi connectivity index (χ0v) is 11.2. The molecule has 2 aromatic rings. The van der Waals surface area contributed by atoms with Crippen molar-refractivity contribution >= 4 is 23.2 Å².